The van der Waals surface area contributed by atoms with Crippen LogP contribution in [0.15, 0.2) is 64.2 Å². The van der Waals surface area contributed by atoms with Gasteiger partial charge in [0.2, 0.25) is 5.89 Å². The van der Waals surface area contributed by atoms with Crippen molar-refractivity contribution in [3.63, 3.8) is 0 Å². The van der Waals surface area contributed by atoms with Gasteiger partial charge in [0.25, 0.3) is 0 Å². The summed E-state index contributed by atoms with van der Waals surface area (Å²) >= 11 is 0. The van der Waals surface area contributed by atoms with Gasteiger partial charge in [-0.15, -0.1) is 24.0 Å². The maximum Gasteiger partial charge on any atom is 0.226 e. The van der Waals surface area contributed by atoms with E-state index in [1.807, 2.05) is 31.3 Å². The minimum atomic E-state index is 0. The third-order valence-electron chi connectivity index (χ3n) is 5.51. The lowest BCUT2D eigenvalue weighted by Gasteiger charge is -2.37. The monoisotopic (exact) mass is 547 g/mol. The number of rotatable bonds is 5. The molecule has 2 heterocycles. The van der Waals surface area contributed by atoms with Gasteiger partial charge in [-0.1, -0.05) is 17.7 Å². The summed E-state index contributed by atoms with van der Waals surface area (Å²) in [4.78, 5) is 13.7. The molecule has 1 fully saturated rings. The van der Waals surface area contributed by atoms with Crippen molar-refractivity contribution in [3.05, 3.63) is 66.1 Å². The van der Waals surface area contributed by atoms with Crippen molar-refractivity contribution in [1.29, 1.82) is 0 Å². The van der Waals surface area contributed by atoms with E-state index in [0.29, 0.717) is 12.4 Å². The van der Waals surface area contributed by atoms with E-state index in [4.69, 9.17) is 9.15 Å². The molecule has 1 aromatic heterocycles. The summed E-state index contributed by atoms with van der Waals surface area (Å²) in [6, 6.07) is 16.4. The van der Waals surface area contributed by atoms with Gasteiger partial charge in [-0.2, -0.15) is 0 Å². The fourth-order valence-electron chi connectivity index (χ4n) is 3.69. The Morgan fingerprint density at radius 1 is 1.06 bits per heavy atom. The van der Waals surface area contributed by atoms with Gasteiger partial charge >= 0.3 is 0 Å². The molecular formula is C24H30IN5O2. The van der Waals surface area contributed by atoms with Gasteiger partial charge in [0.1, 0.15) is 12.0 Å². The number of benzene rings is 2. The molecule has 8 heteroatoms. The number of nitrogens with one attached hydrogen (secondary N) is 1. The first kappa shape index (κ1) is 23.9. The second kappa shape index (κ2) is 11.2. The van der Waals surface area contributed by atoms with E-state index in [1.165, 1.54) is 11.3 Å². The molecule has 0 unspecified atom stereocenters. The van der Waals surface area contributed by atoms with Crippen molar-refractivity contribution in [2.24, 2.45) is 4.99 Å². The molecule has 32 heavy (non-hydrogen) atoms. The third-order valence-corrected chi connectivity index (χ3v) is 5.51. The molecule has 7 nitrogen and oxygen atoms in total. The van der Waals surface area contributed by atoms with Crippen molar-refractivity contribution < 1.29 is 9.15 Å². The molecule has 4 rings (SSSR count). The molecule has 1 aliphatic heterocycles. The zero-order valence-corrected chi connectivity index (χ0v) is 21.1. The number of nitrogens with zero attached hydrogens (tertiary/aromatic N) is 4. The zero-order valence-electron chi connectivity index (χ0n) is 18.7. The van der Waals surface area contributed by atoms with E-state index >= 15 is 0 Å². The maximum absolute atomic E-state index is 5.66. The van der Waals surface area contributed by atoms with Gasteiger partial charge in [-0.3, -0.25) is 4.99 Å². The quantitative estimate of drug-likeness (QED) is 0.294. The number of aliphatic imine (C=N–C) groups is 1. The average molecular weight is 547 g/mol. The van der Waals surface area contributed by atoms with Gasteiger partial charge in [-0.25, -0.2) is 4.98 Å². The van der Waals surface area contributed by atoms with Crippen LogP contribution in [0.25, 0.3) is 11.5 Å². The molecule has 0 saturated carbocycles. The van der Waals surface area contributed by atoms with Crippen molar-refractivity contribution >= 4 is 35.6 Å². The minimum absolute atomic E-state index is 0. The Bertz CT molecular complexity index is 1010. The van der Waals surface area contributed by atoms with Crippen LogP contribution in [0.3, 0.4) is 0 Å². The molecule has 0 aliphatic carbocycles. The number of halogens is 1. The van der Waals surface area contributed by atoms with Crippen LogP contribution < -0.4 is 15.0 Å². The molecule has 1 saturated heterocycles. The Morgan fingerprint density at radius 2 is 1.75 bits per heavy atom. The fourth-order valence-corrected chi connectivity index (χ4v) is 3.69. The van der Waals surface area contributed by atoms with Crippen LogP contribution >= 0.6 is 24.0 Å². The highest BCUT2D eigenvalue weighted by molar-refractivity contribution is 14.0. The molecule has 0 spiro atoms. The summed E-state index contributed by atoms with van der Waals surface area (Å²) < 4.78 is 10.9. The molecule has 0 atom stereocenters. The maximum atomic E-state index is 5.66. The summed E-state index contributed by atoms with van der Waals surface area (Å²) in [5, 5.41) is 3.42. The second-order valence-corrected chi connectivity index (χ2v) is 7.58. The molecular weight excluding hydrogens is 517 g/mol. The second-order valence-electron chi connectivity index (χ2n) is 7.58. The lowest BCUT2D eigenvalue weighted by Crippen LogP contribution is -2.52. The van der Waals surface area contributed by atoms with Crippen molar-refractivity contribution in [2.45, 2.75) is 13.5 Å². The largest absolute Gasteiger partial charge is 0.497 e. The number of aryl methyl sites for hydroxylation is 1. The molecule has 1 N–H and O–H groups in total. The van der Waals surface area contributed by atoms with Gasteiger partial charge in [-0.05, 0) is 43.3 Å². The van der Waals surface area contributed by atoms with Crippen LogP contribution in [0.1, 0.15) is 11.3 Å². The summed E-state index contributed by atoms with van der Waals surface area (Å²) in [7, 11) is 3.51. The van der Waals surface area contributed by atoms with Crippen LogP contribution in [0.2, 0.25) is 0 Å². The number of ether oxygens (including phenoxy) is 1. The lowest BCUT2D eigenvalue weighted by molar-refractivity contribution is 0.372. The summed E-state index contributed by atoms with van der Waals surface area (Å²) in [5.74, 6) is 2.40. The standard InChI is InChI=1S/C24H29N5O2.HI/c1-18-4-6-19(7-5-18)23-27-20(17-31-23)16-26-24(25-2)29-14-12-28(13-15-29)21-8-10-22(30-3)11-9-21;/h4-11,17H,12-16H2,1-3H3,(H,25,26);1H. The molecule has 0 amide bonds. The van der Waals surface area contributed by atoms with E-state index in [1.54, 1.807) is 13.4 Å². The number of methoxy groups -OCH3 is 1. The number of aromatic nitrogens is 1. The smallest absolute Gasteiger partial charge is 0.226 e. The fraction of sp³-hybridized carbons (Fsp3) is 0.333. The number of oxazole rings is 1. The van der Waals surface area contributed by atoms with E-state index in [0.717, 1.165) is 49.1 Å². The Kier molecular flexibility index (Phi) is 8.38. The predicted molar refractivity (Wildman–Crippen MR) is 139 cm³/mol. The normalized spacial score (nSPS) is 14.2. The van der Waals surface area contributed by atoms with Crippen LogP contribution in [0, 0.1) is 6.92 Å². The molecule has 1 aliphatic rings. The van der Waals surface area contributed by atoms with E-state index in [-0.39, 0.29) is 24.0 Å². The Hall–Kier alpha value is -2.75. The first-order valence-electron chi connectivity index (χ1n) is 10.5. The average Bonchev–Trinajstić information content (AvgIpc) is 3.29. The lowest BCUT2D eigenvalue weighted by atomic mass is 10.1. The predicted octanol–water partition coefficient (Wildman–Crippen LogP) is 4.17. The van der Waals surface area contributed by atoms with Crippen LogP contribution in [-0.2, 0) is 6.54 Å². The number of anilines is 1. The van der Waals surface area contributed by atoms with Crippen molar-refractivity contribution in [3.8, 4) is 17.2 Å². The van der Waals surface area contributed by atoms with Gasteiger partial charge < -0.3 is 24.3 Å². The number of piperazine rings is 1. The van der Waals surface area contributed by atoms with Crippen molar-refractivity contribution in [1.82, 2.24) is 15.2 Å². The molecule has 0 radical (unpaired) electrons. The molecule has 2 aromatic carbocycles. The highest BCUT2D eigenvalue weighted by Gasteiger charge is 2.20. The number of guanidine groups is 1. The SMILES string of the molecule is CN=C(NCc1coc(-c2ccc(C)cc2)n1)N1CCN(c2ccc(OC)cc2)CC1.I. The topological polar surface area (TPSA) is 66.1 Å². The number of hydrogen-bond acceptors (Lipinski definition) is 5. The summed E-state index contributed by atoms with van der Waals surface area (Å²) in [6.07, 6.45) is 1.71. The highest BCUT2D eigenvalue weighted by atomic mass is 127. The Labute approximate surface area is 206 Å². The van der Waals surface area contributed by atoms with Crippen LogP contribution in [0.5, 0.6) is 5.75 Å². The van der Waals surface area contributed by atoms with Gasteiger partial charge in [0.15, 0.2) is 5.96 Å². The summed E-state index contributed by atoms with van der Waals surface area (Å²) in [5.41, 5.74) is 4.27. The Balaban J connectivity index is 0.00000289. The highest BCUT2D eigenvalue weighted by Crippen LogP contribution is 2.21. The van der Waals surface area contributed by atoms with Crippen molar-refractivity contribution in [2.75, 3.05) is 45.2 Å². The van der Waals surface area contributed by atoms with Crippen LogP contribution in [0.4, 0.5) is 5.69 Å². The first-order chi connectivity index (χ1) is 15.2. The molecule has 3 aromatic rings. The van der Waals surface area contributed by atoms with E-state index < -0.39 is 0 Å². The molecule has 0 bridgehead atoms. The van der Waals surface area contributed by atoms with E-state index in [9.17, 15) is 0 Å². The zero-order chi connectivity index (χ0) is 21.6. The van der Waals surface area contributed by atoms with Gasteiger partial charge in [0.05, 0.1) is 19.3 Å². The summed E-state index contributed by atoms with van der Waals surface area (Å²) in [6.45, 7) is 6.32. The van der Waals surface area contributed by atoms with Gasteiger partial charge in [0, 0.05) is 44.5 Å². The third kappa shape index (κ3) is 5.73. The minimum Gasteiger partial charge on any atom is -0.497 e. The first-order valence-corrected chi connectivity index (χ1v) is 10.5. The molecule has 170 valence electrons. The number of hydrogen-bond donors (Lipinski definition) is 1. The van der Waals surface area contributed by atoms with Crippen LogP contribution in [-0.4, -0.2) is 56.2 Å². The van der Waals surface area contributed by atoms with E-state index in [2.05, 4.69) is 56.3 Å². The Morgan fingerprint density at radius 3 is 2.38 bits per heavy atom.